The number of nitrogens with zero attached hydrogens (tertiary/aromatic N) is 3. The normalized spacial score (nSPS) is 11.6. The largest absolute Gasteiger partial charge is 0.409 e. The van der Waals surface area contributed by atoms with Gasteiger partial charge in [0.05, 0.1) is 5.69 Å². The van der Waals surface area contributed by atoms with Crippen molar-refractivity contribution in [2.75, 3.05) is 0 Å². The molecule has 7 heteroatoms. The fourth-order valence-corrected chi connectivity index (χ4v) is 1.90. The molecule has 1 heterocycles. The van der Waals surface area contributed by atoms with Crippen LogP contribution in [0.4, 0.5) is 0 Å². The van der Waals surface area contributed by atoms with Crippen LogP contribution in [-0.2, 0) is 13.1 Å². The van der Waals surface area contributed by atoms with Gasteiger partial charge in [0.2, 0.25) is 0 Å². The van der Waals surface area contributed by atoms with Gasteiger partial charge in [-0.15, -0.1) is 0 Å². The first-order valence-electron chi connectivity index (χ1n) is 5.92. The maximum absolute atomic E-state index is 8.61. The zero-order valence-corrected chi connectivity index (χ0v) is 11.4. The molecule has 4 N–H and O–H groups in total. The molecule has 1 aromatic heterocycles. The van der Waals surface area contributed by atoms with E-state index in [-0.39, 0.29) is 5.84 Å². The predicted molar refractivity (Wildman–Crippen MR) is 76.5 cm³/mol. The van der Waals surface area contributed by atoms with Crippen molar-refractivity contribution in [3.63, 3.8) is 0 Å². The Morgan fingerprint density at radius 2 is 2.20 bits per heavy atom. The molecule has 0 atom stereocenters. The van der Waals surface area contributed by atoms with Crippen molar-refractivity contribution in [2.45, 2.75) is 13.1 Å². The zero-order valence-electron chi connectivity index (χ0n) is 10.6. The number of hydrogen-bond donors (Lipinski definition) is 3. The molecule has 0 saturated carbocycles. The standard InChI is InChI=1S/C13H14ClN5O/c14-12-5-9(13(15)19-20)1-2-10(12)6-17-7-11-3-4-16-8-18-11/h1-5,8,17,20H,6-7H2,(H2,15,19). The molecule has 0 radical (unpaired) electrons. The molecule has 20 heavy (non-hydrogen) atoms. The summed E-state index contributed by atoms with van der Waals surface area (Å²) in [5, 5.41) is 15.3. The van der Waals surface area contributed by atoms with Gasteiger partial charge in [-0.2, -0.15) is 0 Å². The minimum Gasteiger partial charge on any atom is -0.409 e. The van der Waals surface area contributed by atoms with E-state index in [0.717, 1.165) is 11.3 Å². The number of halogens is 1. The van der Waals surface area contributed by atoms with Crippen LogP contribution in [0.3, 0.4) is 0 Å². The number of benzene rings is 1. The molecule has 0 spiro atoms. The maximum atomic E-state index is 8.61. The highest BCUT2D eigenvalue weighted by Gasteiger charge is 2.05. The van der Waals surface area contributed by atoms with Crippen LogP contribution in [0.5, 0.6) is 0 Å². The fraction of sp³-hybridized carbons (Fsp3) is 0.154. The molecule has 0 aliphatic rings. The van der Waals surface area contributed by atoms with E-state index < -0.39 is 0 Å². The average molecular weight is 292 g/mol. The first-order valence-corrected chi connectivity index (χ1v) is 6.30. The van der Waals surface area contributed by atoms with E-state index in [4.69, 9.17) is 22.5 Å². The summed E-state index contributed by atoms with van der Waals surface area (Å²) in [4.78, 5) is 7.97. The smallest absolute Gasteiger partial charge is 0.170 e. The summed E-state index contributed by atoms with van der Waals surface area (Å²) in [6, 6.07) is 7.10. The van der Waals surface area contributed by atoms with Crippen LogP contribution < -0.4 is 11.1 Å². The number of aromatic nitrogens is 2. The molecule has 0 amide bonds. The highest BCUT2D eigenvalue weighted by atomic mass is 35.5. The van der Waals surface area contributed by atoms with E-state index in [1.54, 1.807) is 18.3 Å². The summed E-state index contributed by atoms with van der Waals surface area (Å²) in [5.41, 5.74) is 7.91. The maximum Gasteiger partial charge on any atom is 0.170 e. The number of rotatable bonds is 5. The third kappa shape index (κ3) is 3.66. The van der Waals surface area contributed by atoms with Crippen LogP contribution in [0, 0.1) is 0 Å². The minimum atomic E-state index is 0.0346. The summed E-state index contributed by atoms with van der Waals surface area (Å²) in [5.74, 6) is 0.0346. The summed E-state index contributed by atoms with van der Waals surface area (Å²) < 4.78 is 0. The van der Waals surface area contributed by atoms with Gasteiger partial charge in [-0.25, -0.2) is 9.97 Å². The van der Waals surface area contributed by atoms with Gasteiger partial charge < -0.3 is 16.3 Å². The van der Waals surface area contributed by atoms with Crippen molar-refractivity contribution in [3.05, 3.63) is 58.6 Å². The number of amidine groups is 1. The van der Waals surface area contributed by atoms with Gasteiger partial charge in [0.1, 0.15) is 6.33 Å². The second-order valence-electron chi connectivity index (χ2n) is 4.10. The second kappa shape index (κ2) is 6.83. The van der Waals surface area contributed by atoms with Gasteiger partial charge >= 0.3 is 0 Å². The summed E-state index contributed by atoms with van der Waals surface area (Å²) >= 11 is 6.15. The van der Waals surface area contributed by atoms with Crippen LogP contribution in [0.25, 0.3) is 0 Å². The highest BCUT2D eigenvalue weighted by molar-refractivity contribution is 6.31. The molecular weight excluding hydrogens is 278 g/mol. The molecule has 0 saturated heterocycles. The molecule has 0 aliphatic carbocycles. The molecule has 0 bridgehead atoms. The SMILES string of the molecule is N/C(=N/O)c1ccc(CNCc2ccncn2)c(Cl)c1. The van der Waals surface area contributed by atoms with Gasteiger partial charge in [0.25, 0.3) is 0 Å². The fourth-order valence-electron chi connectivity index (χ4n) is 1.66. The Labute approximate surface area is 121 Å². The van der Waals surface area contributed by atoms with Crippen LogP contribution in [0.2, 0.25) is 5.02 Å². The van der Waals surface area contributed by atoms with Crippen molar-refractivity contribution in [2.24, 2.45) is 10.9 Å². The third-order valence-electron chi connectivity index (χ3n) is 2.72. The van der Waals surface area contributed by atoms with Crippen LogP contribution in [0.15, 0.2) is 41.9 Å². The monoisotopic (exact) mass is 291 g/mol. The third-order valence-corrected chi connectivity index (χ3v) is 3.07. The summed E-state index contributed by atoms with van der Waals surface area (Å²) in [6.07, 6.45) is 3.21. The molecule has 1 aromatic carbocycles. The lowest BCUT2D eigenvalue weighted by molar-refractivity contribution is 0.318. The van der Waals surface area contributed by atoms with Crippen molar-refractivity contribution < 1.29 is 5.21 Å². The molecule has 0 aliphatic heterocycles. The second-order valence-corrected chi connectivity index (χ2v) is 4.50. The van der Waals surface area contributed by atoms with Gasteiger partial charge in [-0.1, -0.05) is 28.9 Å². The van der Waals surface area contributed by atoms with Crippen LogP contribution in [0.1, 0.15) is 16.8 Å². The first kappa shape index (κ1) is 14.2. The lowest BCUT2D eigenvalue weighted by Crippen LogP contribution is -2.15. The van der Waals surface area contributed by atoms with E-state index in [0.29, 0.717) is 23.7 Å². The first-order chi connectivity index (χ1) is 9.70. The van der Waals surface area contributed by atoms with Gasteiger partial charge in [0, 0.05) is 29.9 Å². The minimum absolute atomic E-state index is 0.0346. The van der Waals surface area contributed by atoms with Crippen LogP contribution in [-0.4, -0.2) is 21.0 Å². The lowest BCUT2D eigenvalue weighted by atomic mass is 10.1. The van der Waals surface area contributed by atoms with Crippen molar-refractivity contribution in [1.29, 1.82) is 0 Å². The average Bonchev–Trinajstić information content (AvgIpc) is 2.49. The Morgan fingerprint density at radius 3 is 2.85 bits per heavy atom. The zero-order chi connectivity index (χ0) is 14.4. The Morgan fingerprint density at radius 1 is 1.35 bits per heavy atom. The van der Waals surface area contributed by atoms with Gasteiger partial charge in [-0.3, -0.25) is 0 Å². The molecule has 2 rings (SSSR count). The number of oxime groups is 1. The quantitative estimate of drug-likeness (QED) is 0.336. The Balaban J connectivity index is 1.97. The predicted octanol–water partition coefficient (Wildman–Crippen LogP) is 1.51. The van der Waals surface area contributed by atoms with Crippen molar-refractivity contribution in [3.8, 4) is 0 Å². The Hall–Kier alpha value is -2.18. The number of hydrogen-bond acceptors (Lipinski definition) is 5. The van der Waals surface area contributed by atoms with Crippen molar-refractivity contribution in [1.82, 2.24) is 15.3 Å². The number of nitrogens with two attached hydrogens (primary N) is 1. The highest BCUT2D eigenvalue weighted by Crippen LogP contribution is 2.17. The van der Waals surface area contributed by atoms with Crippen LogP contribution >= 0.6 is 11.6 Å². The Kier molecular flexibility index (Phi) is 4.86. The van der Waals surface area contributed by atoms with E-state index >= 15 is 0 Å². The van der Waals surface area contributed by atoms with E-state index in [2.05, 4.69) is 20.4 Å². The topological polar surface area (TPSA) is 96.4 Å². The number of nitrogens with one attached hydrogen (secondary N) is 1. The molecule has 0 fully saturated rings. The van der Waals surface area contributed by atoms with E-state index in [1.807, 2.05) is 12.1 Å². The summed E-state index contributed by atoms with van der Waals surface area (Å²) in [7, 11) is 0. The lowest BCUT2D eigenvalue weighted by Gasteiger charge is -2.08. The van der Waals surface area contributed by atoms with E-state index in [9.17, 15) is 0 Å². The molecule has 6 nitrogen and oxygen atoms in total. The molecule has 0 unspecified atom stereocenters. The van der Waals surface area contributed by atoms with E-state index in [1.165, 1.54) is 6.33 Å². The summed E-state index contributed by atoms with van der Waals surface area (Å²) in [6.45, 7) is 1.22. The van der Waals surface area contributed by atoms with Gasteiger partial charge in [0.15, 0.2) is 5.84 Å². The molecule has 104 valence electrons. The molecule has 2 aromatic rings. The Bertz CT molecular complexity index is 603. The van der Waals surface area contributed by atoms with Gasteiger partial charge in [-0.05, 0) is 17.7 Å². The van der Waals surface area contributed by atoms with Crippen molar-refractivity contribution >= 4 is 17.4 Å². The molecular formula is C13H14ClN5O.